The molecule has 0 fully saturated rings. The number of aromatic carboxylic acids is 1. The van der Waals surface area contributed by atoms with Gasteiger partial charge in [0.05, 0.1) is 17.4 Å². The third kappa shape index (κ3) is 3.59. The number of pyridine rings is 1. The van der Waals surface area contributed by atoms with Gasteiger partial charge in [0.15, 0.2) is 5.69 Å². The highest BCUT2D eigenvalue weighted by Crippen LogP contribution is 2.33. The van der Waals surface area contributed by atoms with Gasteiger partial charge in [-0.15, -0.1) is 11.3 Å². The van der Waals surface area contributed by atoms with Crippen molar-refractivity contribution in [1.82, 2.24) is 9.97 Å². The number of hydrogen-bond donors (Lipinski definition) is 1. The molecule has 8 heteroatoms. The van der Waals surface area contributed by atoms with E-state index in [1.807, 2.05) is 0 Å². The minimum absolute atomic E-state index is 0.176. The predicted octanol–water partition coefficient (Wildman–Crippen LogP) is 3.31. The summed E-state index contributed by atoms with van der Waals surface area (Å²) in [4.78, 5) is 32.7. The number of rotatable bonds is 3. The number of thiazole rings is 1. The maximum atomic E-state index is 12.5. The highest BCUT2D eigenvalue weighted by molar-refractivity contribution is 7.14. The van der Waals surface area contributed by atoms with Gasteiger partial charge in [0, 0.05) is 6.20 Å². The molecule has 0 aliphatic carbocycles. The van der Waals surface area contributed by atoms with Crippen molar-refractivity contribution in [2.45, 2.75) is 26.4 Å². The molecule has 0 saturated heterocycles. The second-order valence-electron chi connectivity index (χ2n) is 5.34. The summed E-state index contributed by atoms with van der Waals surface area (Å²) in [5.74, 6) is -1.21. The largest absolute Gasteiger partial charge is 0.476 e. The third-order valence-electron chi connectivity index (χ3n) is 2.43. The number of ether oxygens (including phenoxy) is 1. The summed E-state index contributed by atoms with van der Waals surface area (Å²) >= 11 is 1.04. The molecule has 0 aromatic carbocycles. The number of hydrogen-bond acceptors (Lipinski definition) is 6. The maximum absolute atomic E-state index is 12.5. The summed E-state index contributed by atoms with van der Waals surface area (Å²) in [6.07, 6.45) is 2.32. The second kappa shape index (κ2) is 6.10. The lowest BCUT2D eigenvalue weighted by atomic mass is 10.2. The Morgan fingerprint density at radius 3 is 2.64 bits per heavy atom. The zero-order valence-corrected chi connectivity index (χ0v) is 13.1. The van der Waals surface area contributed by atoms with Crippen LogP contribution >= 0.6 is 11.3 Å². The number of carboxylic acids is 1. The van der Waals surface area contributed by atoms with E-state index in [1.54, 1.807) is 39.1 Å². The van der Waals surface area contributed by atoms with E-state index in [2.05, 4.69) is 9.97 Å². The molecule has 1 N–H and O–H groups in total. The van der Waals surface area contributed by atoms with Gasteiger partial charge < -0.3 is 9.84 Å². The summed E-state index contributed by atoms with van der Waals surface area (Å²) in [5.41, 5.74) is 0.848. The zero-order valence-electron chi connectivity index (χ0n) is 12.3. The Morgan fingerprint density at radius 1 is 1.36 bits per heavy atom. The molecule has 0 spiro atoms. The molecule has 0 radical (unpaired) electrons. The van der Waals surface area contributed by atoms with E-state index in [1.165, 1.54) is 16.6 Å². The van der Waals surface area contributed by atoms with Crippen molar-refractivity contribution < 1.29 is 19.4 Å². The van der Waals surface area contributed by atoms with Crippen molar-refractivity contribution in [2.24, 2.45) is 0 Å². The van der Waals surface area contributed by atoms with Gasteiger partial charge >= 0.3 is 12.1 Å². The normalized spacial score (nSPS) is 11.0. The number of carbonyl (C=O) groups excluding carboxylic acids is 1. The van der Waals surface area contributed by atoms with E-state index in [0.29, 0.717) is 5.69 Å². The Kier molecular flexibility index (Phi) is 4.41. The van der Waals surface area contributed by atoms with Crippen LogP contribution in [0.4, 0.5) is 15.5 Å². The lowest BCUT2D eigenvalue weighted by molar-refractivity contribution is 0.0599. The van der Waals surface area contributed by atoms with E-state index in [4.69, 9.17) is 4.74 Å². The molecule has 0 atom stereocenters. The molecular formula is C14H15N3O4S. The van der Waals surface area contributed by atoms with Crippen LogP contribution in [0.25, 0.3) is 0 Å². The van der Waals surface area contributed by atoms with Crippen molar-refractivity contribution in [2.75, 3.05) is 4.90 Å². The Bertz CT molecular complexity index is 679. The summed E-state index contributed by atoms with van der Waals surface area (Å²) in [5, 5.41) is 9.39. The van der Waals surface area contributed by atoms with Crippen LogP contribution in [0.15, 0.2) is 30.0 Å². The van der Waals surface area contributed by atoms with Crippen LogP contribution in [0.3, 0.4) is 0 Å². The molecule has 7 nitrogen and oxygen atoms in total. The van der Waals surface area contributed by atoms with Gasteiger partial charge in [0.1, 0.15) is 10.6 Å². The third-order valence-corrected chi connectivity index (χ3v) is 3.24. The first-order valence-electron chi connectivity index (χ1n) is 6.39. The van der Waals surface area contributed by atoms with Crippen molar-refractivity contribution in [3.05, 3.63) is 35.7 Å². The average molecular weight is 321 g/mol. The van der Waals surface area contributed by atoms with E-state index < -0.39 is 17.7 Å². The van der Waals surface area contributed by atoms with Crippen molar-refractivity contribution >= 4 is 34.1 Å². The molecular weight excluding hydrogens is 306 g/mol. The average Bonchev–Trinajstić information content (AvgIpc) is 2.87. The van der Waals surface area contributed by atoms with Gasteiger partial charge in [-0.3, -0.25) is 4.98 Å². The van der Waals surface area contributed by atoms with Crippen LogP contribution in [0.2, 0.25) is 0 Å². The predicted molar refractivity (Wildman–Crippen MR) is 81.7 cm³/mol. The van der Waals surface area contributed by atoms with Gasteiger partial charge in [-0.25, -0.2) is 19.5 Å². The molecule has 2 rings (SSSR count). The standard InChI is InChI=1S/C14H15N3O4S/c1-14(2,3)21-13(20)17(9-5-4-6-15-7-9)11-10(12(18)19)16-8-22-11/h4-8H,1-3H3,(H,18,19). The van der Waals surface area contributed by atoms with Gasteiger partial charge in [-0.2, -0.15) is 0 Å². The molecule has 1 amide bonds. The van der Waals surface area contributed by atoms with Gasteiger partial charge in [0.2, 0.25) is 0 Å². The fourth-order valence-corrected chi connectivity index (χ4v) is 2.44. The van der Waals surface area contributed by atoms with Crippen LogP contribution in [-0.2, 0) is 4.74 Å². The van der Waals surface area contributed by atoms with E-state index in [-0.39, 0.29) is 10.7 Å². The van der Waals surface area contributed by atoms with Crippen LogP contribution < -0.4 is 4.90 Å². The number of nitrogens with zero attached hydrogens (tertiary/aromatic N) is 3. The van der Waals surface area contributed by atoms with Crippen molar-refractivity contribution in [1.29, 1.82) is 0 Å². The number of aromatic nitrogens is 2. The lowest BCUT2D eigenvalue weighted by Crippen LogP contribution is -2.34. The molecule has 2 aromatic rings. The molecule has 0 aliphatic heterocycles. The van der Waals surface area contributed by atoms with Crippen molar-refractivity contribution in [3.63, 3.8) is 0 Å². The summed E-state index contributed by atoms with van der Waals surface area (Å²) in [7, 11) is 0. The Hall–Kier alpha value is -2.48. The van der Waals surface area contributed by atoms with Crippen LogP contribution in [0.5, 0.6) is 0 Å². The first kappa shape index (κ1) is 15.9. The highest BCUT2D eigenvalue weighted by Gasteiger charge is 2.30. The fraction of sp³-hybridized carbons (Fsp3) is 0.286. The zero-order chi connectivity index (χ0) is 16.3. The fourth-order valence-electron chi connectivity index (χ4n) is 1.64. The quantitative estimate of drug-likeness (QED) is 0.932. The number of carbonyl (C=O) groups is 2. The van der Waals surface area contributed by atoms with Crippen LogP contribution in [0, 0.1) is 0 Å². The van der Waals surface area contributed by atoms with E-state index in [9.17, 15) is 14.7 Å². The van der Waals surface area contributed by atoms with Crippen molar-refractivity contribution in [3.8, 4) is 0 Å². The Balaban J connectivity index is 2.49. The maximum Gasteiger partial charge on any atom is 0.420 e. The van der Waals surface area contributed by atoms with E-state index >= 15 is 0 Å². The molecule has 2 heterocycles. The molecule has 0 bridgehead atoms. The molecule has 2 aromatic heterocycles. The molecule has 0 aliphatic rings. The summed E-state index contributed by atoms with van der Waals surface area (Å²) in [6, 6.07) is 3.29. The van der Waals surface area contributed by atoms with Gasteiger partial charge in [0.25, 0.3) is 0 Å². The topological polar surface area (TPSA) is 92.6 Å². The SMILES string of the molecule is CC(C)(C)OC(=O)N(c1cccnc1)c1scnc1C(=O)O. The Morgan fingerprint density at radius 2 is 2.09 bits per heavy atom. The molecule has 116 valence electrons. The minimum atomic E-state index is -1.21. The van der Waals surface area contributed by atoms with Crippen LogP contribution in [-0.4, -0.2) is 32.7 Å². The van der Waals surface area contributed by atoms with E-state index in [0.717, 1.165) is 11.3 Å². The Labute approximate surface area is 131 Å². The molecule has 22 heavy (non-hydrogen) atoms. The summed E-state index contributed by atoms with van der Waals surface area (Å²) < 4.78 is 5.36. The monoisotopic (exact) mass is 321 g/mol. The number of amides is 1. The smallest absolute Gasteiger partial charge is 0.420 e. The molecule has 0 unspecified atom stereocenters. The van der Waals surface area contributed by atoms with Gasteiger partial charge in [-0.1, -0.05) is 0 Å². The lowest BCUT2D eigenvalue weighted by Gasteiger charge is -2.26. The first-order valence-corrected chi connectivity index (χ1v) is 7.27. The summed E-state index contributed by atoms with van der Waals surface area (Å²) in [6.45, 7) is 5.20. The second-order valence-corrected chi connectivity index (χ2v) is 6.17. The number of anilines is 2. The minimum Gasteiger partial charge on any atom is -0.476 e. The highest BCUT2D eigenvalue weighted by atomic mass is 32.1. The van der Waals surface area contributed by atoms with Crippen LogP contribution in [0.1, 0.15) is 31.3 Å². The first-order chi connectivity index (χ1) is 10.3. The number of carboxylic acid groups (broad SMARTS) is 1. The van der Waals surface area contributed by atoms with Gasteiger partial charge in [-0.05, 0) is 32.9 Å². The molecule has 0 saturated carbocycles.